The van der Waals surface area contributed by atoms with E-state index in [0.717, 1.165) is 11.5 Å². The minimum absolute atomic E-state index is 0.107. The van der Waals surface area contributed by atoms with Crippen molar-refractivity contribution in [2.75, 3.05) is 11.1 Å². The first-order valence-corrected chi connectivity index (χ1v) is 11.5. The zero-order valence-electron chi connectivity index (χ0n) is 16.7. The van der Waals surface area contributed by atoms with Crippen LogP contribution in [0.1, 0.15) is 30.6 Å². The monoisotopic (exact) mass is 438 g/mol. The number of rotatable bonds is 8. The summed E-state index contributed by atoms with van der Waals surface area (Å²) < 4.78 is 3.81. The van der Waals surface area contributed by atoms with Crippen LogP contribution in [-0.4, -0.2) is 36.2 Å². The molecule has 0 saturated carbocycles. The van der Waals surface area contributed by atoms with Gasteiger partial charge in [-0.15, -0.1) is 21.5 Å². The van der Waals surface area contributed by atoms with Gasteiger partial charge in [0, 0.05) is 29.1 Å². The molecule has 154 valence electrons. The molecular weight excluding hydrogens is 416 g/mol. The second-order valence-electron chi connectivity index (χ2n) is 6.92. The number of thiophene rings is 1. The Morgan fingerprint density at radius 3 is 2.70 bits per heavy atom. The quantitative estimate of drug-likeness (QED) is 0.412. The van der Waals surface area contributed by atoms with Gasteiger partial charge >= 0.3 is 0 Å². The molecule has 4 rings (SSSR count). The fraction of sp³-hybridized carbons (Fsp3) is 0.238. The van der Waals surface area contributed by atoms with Gasteiger partial charge in [-0.25, -0.2) is 4.68 Å². The topological polar surface area (TPSA) is 77.6 Å². The number of nitrogens with zero attached hydrogens (tertiary/aromatic N) is 5. The number of aromatic nitrogens is 5. The average Bonchev–Trinajstić information content (AvgIpc) is 3.49. The highest BCUT2D eigenvalue weighted by atomic mass is 32.2. The predicted octanol–water partition coefficient (Wildman–Crippen LogP) is 4.43. The number of carbonyl (C=O) groups is 1. The van der Waals surface area contributed by atoms with Gasteiger partial charge in [0.25, 0.3) is 0 Å². The van der Waals surface area contributed by atoms with Gasteiger partial charge in [0.05, 0.1) is 11.9 Å². The minimum Gasteiger partial charge on any atom is -0.310 e. The maximum absolute atomic E-state index is 12.5. The summed E-state index contributed by atoms with van der Waals surface area (Å²) in [5.41, 5.74) is 0.981. The van der Waals surface area contributed by atoms with E-state index >= 15 is 0 Å². The largest absolute Gasteiger partial charge is 0.310 e. The summed E-state index contributed by atoms with van der Waals surface area (Å²) in [4.78, 5) is 13.8. The van der Waals surface area contributed by atoms with Crippen molar-refractivity contribution < 1.29 is 4.79 Å². The molecule has 0 atom stereocenters. The summed E-state index contributed by atoms with van der Waals surface area (Å²) in [6.07, 6.45) is 2.38. The second kappa shape index (κ2) is 9.27. The van der Waals surface area contributed by atoms with Crippen LogP contribution in [0.2, 0.25) is 0 Å². The Bertz CT molecular complexity index is 1100. The lowest BCUT2D eigenvalue weighted by molar-refractivity contribution is -0.113. The van der Waals surface area contributed by atoms with E-state index in [1.807, 2.05) is 54.8 Å². The molecule has 3 aromatic heterocycles. The Hall–Kier alpha value is -2.91. The van der Waals surface area contributed by atoms with E-state index in [-0.39, 0.29) is 17.7 Å². The fourth-order valence-electron chi connectivity index (χ4n) is 3.05. The van der Waals surface area contributed by atoms with Crippen molar-refractivity contribution in [3.05, 3.63) is 70.8 Å². The number of thioether (sulfide) groups is 1. The third-order valence-corrected chi connectivity index (χ3v) is 6.19. The van der Waals surface area contributed by atoms with E-state index in [9.17, 15) is 4.79 Å². The number of hydrogen-bond donors (Lipinski definition) is 1. The number of amides is 1. The number of hydrogen-bond acceptors (Lipinski definition) is 6. The van der Waals surface area contributed by atoms with Crippen molar-refractivity contribution in [2.45, 2.75) is 31.5 Å². The fourth-order valence-corrected chi connectivity index (χ4v) is 4.52. The molecule has 9 heteroatoms. The van der Waals surface area contributed by atoms with Crippen molar-refractivity contribution in [1.29, 1.82) is 0 Å². The molecule has 0 saturated heterocycles. The molecule has 0 spiro atoms. The SMILES string of the molecule is CC(C)n1nccc1NC(=O)CSc1nnc(Cc2cccs2)n1-c1ccccc1. The highest BCUT2D eigenvalue weighted by molar-refractivity contribution is 7.99. The zero-order chi connectivity index (χ0) is 20.9. The van der Waals surface area contributed by atoms with Crippen LogP contribution in [0.5, 0.6) is 0 Å². The summed E-state index contributed by atoms with van der Waals surface area (Å²) in [5.74, 6) is 1.67. The van der Waals surface area contributed by atoms with Crippen molar-refractivity contribution in [1.82, 2.24) is 24.5 Å². The van der Waals surface area contributed by atoms with Crippen LogP contribution in [-0.2, 0) is 11.2 Å². The molecule has 0 fully saturated rings. The number of para-hydroxylation sites is 1. The number of nitrogens with one attached hydrogen (secondary N) is 1. The van der Waals surface area contributed by atoms with E-state index in [1.165, 1.54) is 16.6 Å². The molecule has 0 bridgehead atoms. The molecule has 30 heavy (non-hydrogen) atoms. The molecule has 0 aliphatic rings. The smallest absolute Gasteiger partial charge is 0.235 e. The Morgan fingerprint density at radius 2 is 1.97 bits per heavy atom. The Balaban J connectivity index is 1.51. The summed E-state index contributed by atoms with van der Waals surface area (Å²) in [5, 5.41) is 18.7. The number of benzene rings is 1. The first-order chi connectivity index (χ1) is 14.6. The molecule has 4 aromatic rings. The highest BCUT2D eigenvalue weighted by Crippen LogP contribution is 2.25. The molecule has 0 radical (unpaired) electrons. The van der Waals surface area contributed by atoms with Crippen molar-refractivity contribution >= 4 is 34.8 Å². The predicted molar refractivity (Wildman–Crippen MR) is 120 cm³/mol. The number of carbonyl (C=O) groups excluding carboxylic acids is 1. The van der Waals surface area contributed by atoms with Gasteiger partial charge in [0.2, 0.25) is 5.91 Å². The Labute approximate surface area is 183 Å². The van der Waals surface area contributed by atoms with Crippen LogP contribution in [0.25, 0.3) is 5.69 Å². The summed E-state index contributed by atoms with van der Waals surface area (Å²) in [7, 11) is 0. The van der Waals surface area contributed by atoms with Crippen LogP contribution in [0.15, 0.2) is 65.3 Å². The number of anilines is 1. The first-order valence-electron chi connectivity index (χ1n) is 9.60. The van der Waals surface area contributed by atoms with Crippen LogP contribution in [0.4, 0.5) is 5.82 Å². The van der Waals surface area contributed by atoms with Gasteiger partial charge in [0.15, 0.2) is 5.16 Å². The van der Waals surface area contributed by atoms with Gasteiger partial charge in [0.1, 0.15) is 11.6 Å². The normalized spacial score (nSPS) is 11.2. The maximum atomic E-state index is 12.5. The zero-order valence-corrected chi connectivity index (χ0v) is 18.4. The molecule has 7 nitrogen and oxygen atoms in total. The molecule has 1 N–H and O–H groups in total. The lowest BCUT2D eigenvalue weighted by atomic mass is 10.3. The highest BCUT2D eigenvalue weighted by Gasteiger charge is 2.17. The van der Waals surface area contributed by atoms with E-state index in [1.54, 1.807) is 28.3 Å². The summed E-state index contributed by atoms with van der Waals surface area (Å²) >= 11 is 3.07. The van der Waals surface area contributed by atoms with Crippen LogP contribution < -0.4 is 5.32 Å². The molecule has 1 amide bonds. The third-order valence-electron chi connectivity index (χ3n) is 4.39. The Kier molecular flexibility index (Phi) is 6.29. The van der Waals surface area contributed by atoms with E-state index in [4.69, 9.17) is 0 Å². The lowest BCUT2D eigenvalue weighted by Crippen LogP contribution is -2.18. The summed E-state index contributed by atoms with van der Waals surface area (Å²) in [6, 6.07) is 16.1. The van der Waals surface area contributed by atoms with Gasteiger partial charge in [-0.2, -0.15) is 5.10 Å². The van der Waals surface area contributed by atoms with Crippen LogP contribution in [0.3, 0.4) is 0 Å². The molecule has 3 heterocycles. The average molecular weight is 439 g/mol. The Morgan fingerprint density at radius 1 is 1.13 bits per heavy atom. The van der Waals surface area contributed by atoms with E-state index < -0.39 is 0 Å². The first kappa shape index (κ1) is 20.4. The third kappa shape index (κ3) is 4.63. The lowest BCUT2D eigenvalue weighted by Gasteiger charge is -2.12. The van der Waals surface area contributed by atoms with Gasteiger partial charge < -0.3 is 5.32 Å². The van der Waals surface area contributed by atoms with E-state index in [2.05, 4.69) is 32.1 Å². The second-order valence-corrected chi connectivity index (χ2v) is 8.89. The summed E-state index contributed by atoms with van der Waals surface area (Å²) in [6.45, 7) is 4.05. The molecular formula is C21H22N6OS2. The van der Waals surface area contributed by atoms with Crippen molar-refractivity contribution in [3.63, 3.8) is 0 Å². The van der Waals surface area contributed by atoms with E-state index in [0.29, 0.717) is 17.4 Å². The maximum Gasteiger partial charge on any atom is 0.235 e. The van der Waals surface area contributed by atoms with Crippen molar-refractivity contribution in [3.8, 4) is 5.69 Å². The standard InChI is InChI=1S/C21H22N6OS2/c1-15(2)27-18(10-11-22-27)23-20(28)14-30-21-25-24-19(13-17-9-6-12-29-17)26(21)16-7-4-3-5-8-16/h3-12,15H,13-14H2,1-2H3,(H,23,28). The van der Waals surface area contributed by atoms with Gasteiger partial charge in [-0.3, -0.25) is 9.36 Å². The molecule has 1 aromatic carbocycles. The molecule has 0 aliphatic carbocycles. The van der Waals surface area contributed by atoms with Crippen LogP contribution in [0, 0.1) is 0 Å². The van der Waals surface area contributed by atoms with Gasteiger partial charge in [-0.05, 0) is 37.4 Å². The molecule has 0 unspecified atom stereocenters. The van der Waals surface area contributed by atoms with Gasteiger partial charge in [-0.1, -0.05) is 36.0 Å². The van der Waals surface area contributed by atoms with Crippen LogP contribution >= 0.6 is 23.1 Å². The minimum atomic E-state index is -0.107. The van der Waals surface area contributed by atoms with Crippen molar-refractivity contribution in [2.24, 2.45) is 0 Å². The molecule has 0 aliphatic heterocycles.